The summed E-state index contributed by atoms with van der Waals surface area (Å²) in [6, 6.07) is 6.12. The molecule has 1 aromatic rings. The molecule has 0 radical (unpaired) electrons. The number of ether oxygens (including phenoxy) is 1. The van der Waals surface area contributed by atoms with Gasteiger partial charge in [0.25, 0.3) is 5.91 Å². The zero-order valence-electron chi connectivity index (χ0n) is 14.1. The first-order valence-corrected chi connectivity index (χ1v) is 8.46. The molecule has 0 bridgehead atoms. The van der Waals surface area contributed by atoms with Crippen molar-refractivity contribution in [3.05, 3.63) is 29.3 Å². The third-order valence-electron chi connectivity index (χ3n) is 4.79. The molecule has 0 aromatic heterocycles. The summed E-state index contributed by atoms with van der Waals surface area (Å²) in [5.41, 5.74) is 0.793. The third-order valence-corrected chi connectivity index (χ3v) is 4.79. The summed E-state index contributed by atoms with van der Waals surface area (Å²) in [4.78, 5) is 28.8. The van der Waals surface area contributed by atoms with Crippen LogP contribution in [0.25, 0.3) is 0 Å². The van der Waals surface area contributed by atoms with Gasteiger partial charge in [0.1, 0.15) is 18.4 Å². The van der Waals surface area contributed by atoms with Crippen LogP contribution in [0.2, 0.25) is 0 Å². The fourth-order valence-corrected chi connectivity index (χ4v) is 3.25. The van der Waals surface area contributed by atoms with Crippen molar-refractivity contribution in [1.29, 1.82) is 5.26 Å². The maximum Gasteiger partial charge on any atom is 0.258 e. The summed E-state index contributed by atoms with van der Waals surface area (Å²) >= 11 is 0. The second-order valence-electron chi connectivity index (χ2n) is 6.40. The number of nitrogens with zero attached hydrogens (tertiary/aromatic N) is 3. The second kappa shape index (κ2) is 7.11. The van der Waals surface area contributed by atoms with E-state index in [1.807, 2.05) is 6.07 Å². The van der Waals surface area contributed by atoms with Gasteiger partial charge in [0.05, 0.1) is 29.8 Å². The van der Waals surface area contributed by atoms with Gasteiger partial charge in [0, 0.05) is 13.1 Å². The summed E-state index contributed by atoms with van der Waals surface area (Å²) in [7, 11) is 0. The highest BCUT2D eigenvalue weighted by Gasteiger charge is 2.34. The molecule has 7 heteroatoms. The number of amides is 2. The Morgan fingerprint density at radius 3 is 2.76 bits per heavy atom. The number of piperidine rings is 1. The number of hydrogen-bond acceptors (Lipinski definition) is 5. The van der Waals surface area contributed by atoms with Crippen LogP contribution in [0.15, 0.2) is 18.2 Å². The van der Waals surface area contributed by atoms with Crippen LogP contribution in [0.3, 0.4) is 0 Å². The number of aliphatic hydroxyl groups excluding tert-OH is 1. The Labute approximate surface area is 146 Å². The third kappa shape index (κ3) is 3.44. The molecule has 132 valence electrons. The molecular formula is C18H21N3O4. The van der Waals surface area contributed by atoms with Crippen molar-refractivity contribution in [2.75, 3.05) is 26.2 Å². The maximum absolute atomic E-state index is 12.9. The van der Waals surface area contributed by atoms with Crippen LogP contribution in [-0.2, 0) is 4.79 Å². The van der Waals surface area contributed by atoms with Crippen molar-refractivity contribution in [1.82, 2.24) is 9.80 Å². The quantitative estimate of drug-likeness (QED) is 0.856. The van der Waals surface area contributed by atoms with Crippen molar-refractivity contribution >= 4 is 11.8 Å². The van der Waals surface area contributed by atoms with Gasteiger partial charge in [0.15, 0.2) is 0 Å². The highest BCUT2D eigenvalue weighted by Crippen LogP contribution is 2.26. The van der Waals surface area contributed by atoms with E-state index in [0.29, 0.717) is 49.4 Å². The summed E-state index contributed by atoms with van der Waals surface area (Å²) in [6.45, 7) is 3.30. The molecule has 3 rings (SSSR count). The minimum atomic E-state index is -0.604. The first-order chi connectivity index (χ1) is 12.0. The fourth-order valence-electron chi connectivity index (χ4n) is 3.25. The Morgan fingerprint density at radius 1 is 1.36 bits per heavy atom. The molecule has 1 aromatic carbocycles. The van der Waals surface area contributed by atoms with Crippen molar-refractivity contribution in [2.45, 2.75) is 31.9 Å². The van der Waals surface area contributed by atoms with Gasteiger partial charge in [0.2, 0.25) is 5.91 Å². The summed E-state index contributed by atoms with van der Waals surface area (Å²) in [6.07, 6.45) is 0.777. The van der Waals surface area contributed by atoms with Crippen molar-refractivity contribution in [3.8, 4) is 11.8 Å². The predicted molar refractivity (Wildman–Crippen MR) is 89.0 cm³/mol. The molecule has 7 nitrogen and oxygen atoms in total. The van der Waals surface area contributed by atoms with E-state index in [0.717, 1.165) is 0 Å². The van der Waals surface area contributed by atoms with Gasteiger partial charge in [-0.1, -0.05) is 0 Å². The van der Waals surface area contributed by atoms with E-state index < -0.39 is 6.04 Å². The number of carbonyl (C=O) groups excluding carboxylic acids is 2. The molecule has 0 spiro atoms. The van der Waals surface area contributed by atoms with E-state index in [1.54, 1.807) is 30.0 Å². The monoisotopic (exact) mass is 343 g/mol. The number of carbonyl (C=O) groups is 2. The number of benzene rings is 1. The minimum Gasteiger partial charge on any atom is -0.491 e. The molecule has 2 aliphatic heterocycles. The molecule has 2 aliphatic rings. The summed E-state index contributed by atoms with van der Waals surface area (Å²) < 4.78 is 5.61. The number of fused-ring (bicyclic) bond motifs is 1. The smallest absolute Gasteiger partial charge is 0.258 e. The van der Waals surface area contributed by atoms with Gasteiger partial charge < -0.3 is 19.6 Å². The average molecular weight is 343 g/mol. The van der Waals surface area contributed by atoms with Gasteiger partial charge in [-0.3, -0.25) is 9.59 Å². The van der Waals surface area contributed by atoms with E-state index in [-0.39, 0.29) is 24.5 Å². The molecule has 1 atom stereocenters. The van der Waals surface area contributed by atoms with Crippen LogP contribution < -0.4 is 4.74 Å². The van der Waals surface area contributed by atoms with E-state index in [1.165, 1.54) is 4.90 Å². The van der Waals surface area contributed by atoms with E-state index in [4.69, 9.17) is 10.00 Å². The average Bonchev–Trinajstić information content (AvgIpc) is 2.79. The van der Waals surface area contributed by atoms with Gasteiger partial charge in [-0.05, 0) is 38.0 Å². The van der Waals surface area contributed by atoms with Crippen molar-refractivity contribution in [3.63, 3.8) is 0 Å². The lowest BCUT2D eigenvalue weighted by molar-refractivity contribution is -0.137. The zero-order valence-corrected chi connectivity index (χ0v) is 14.1. The Balaban J connectivity index is 1.78. The van der Waals surface area contributed by atoms with Crippen LogP contribution in [0.5, 0.6) is 5.75 Å². The zero-order chi connectivity index (χ0) is 18.0. The highest BCUT2D eigenvalue weighted by molar-refractivity contribution is 6.00. The van der Waals surface area contributed by atoms with E-state index in [2.05, 4.69) is 0 Å². The molecule has 1 fully saturated rings. The lowest BCUT2D eigenvalue weighted by Gasteiger charge is -2.35. The van der Waals surface area contributed by atoms with Crippen LogP contribution in [0.1, 0.15) is 35.7 Å². The van der Waals surface area contributed by atoms with Crippen LogP contribution in [-0.4, -0.2) is 65.1 Å². The second-order valence-corrected chi connectivity index (χ2v) is 6.40. The molecular weight excluding hydrogens is 322 g/mol. The van der Waals surface area contributed by atoms with E-state index >= 15 is 0 Å². The molecule has 1 N–H and O–H groups in total. The molecule has 1 saturated heterocycles. The lowest BCUT2D eigenvalue weighted by Crippen LogP contribution is -2.52. The first-order valence-electron chi connectivity index (χ1n) is 8.46. The van der Waals surface area contributed by atoms with Gasteiger partial charge in [-0.25, -0.2) is 0 Å². The van der Waals surface area contributed by atoms with Gasteiger partial charge >= 0.3 is 0 Å². The maximum atomic E-state index is 12.9. The fraction of sp³-hybridized carbons (Fsp3) is 0.500. The molecule has 25 heavy (non-hydrogen) atoms. The molecule has 0 aliphatic carbocycles. The molecule has 0 saturated carbocycles. The minimum absolute atomic E-state index is 0.114. The number of aliphatic hydroxyl groups is 1. The van der Waals surface area contributed by atoms with E-state index in [9.17, 15) is 14.7 Å². The lowest BCUT2D eigenvalue weighted by atomic mass is 10.1. The molecule has 2 amide bonds. The SMILES string of the molecule is CC(C(=O)N1CCC(O)CC1)N1CCOc2cc(C#N)ccc2C1=O. The predicted octanol–water partition coefficient (Wildman–Crippen LogP) is 0.765. The number of rotatable bonds is 2. The Bertz CT molecular complexity index is 720. The van der Waals surface area contributed by atoms with Crippen LogP contribution >= 0.6 is 0 Å². The highest BCUT2D eigenvalue weighted by atomic mass is 16.5. The number of hydrogen-bond donors (Lipinski definition) is 1. The Morgan fingerprint density at radius 2 is 2.08 bits per heavy atom. The molecule has 2 heterocycles. The van der Waals surface area contributed by atoms with Gasteiger partial charge in [-0.15, -0.1) is 0 Å². The van der Waals surface area contributed by atoms with Crippen molar-refractivity contribution in [2.24, 2.45) is 0 Å². The largest absolute Gasteiger partial charge is 0.491 e. The van der Waals surface area contributed by atoms with Crippen LogP contribution in [0, 0.1) is 11.3 Å². The van der Waals surface area contributed by atoms with Crippen LogP contribution in [0.4, 0.5) is 0 Å². The number of nitriles is 1. The molecule has 1 unspecified atom stereocenters. The first kappa shape index (κ1) is 17.2. The Hall–Kier alpha value is -2.59. The topological polar surface area (TPSA) is 93.9 Å². The summed E-state index contributed by atoms with van der Waals surface area (Å²) in [5.74, 6) is -0.000442. The van der Waals surface area contributed by atoms with Crippen molar-refractivity contribution < 1.29 is 19.4 Å². The van der Waals surface area contributed by atoms with Gasteiger partial charge in [-0.2, -0.15) is 5.26 Å². The number of likely N-dealkylation sites (tertiary alicyclic amines) is 1. The normalized spacial score (nSPS) is 19.5. The standard InChI is InChI=1S/C18H21N3O4/c1-12(17(23)20-6-4-14(22)5-7-20)21-8-9-25-16-10-13(11-19)2-3-15(16)18(21)24/h2-3,10,12,14,22H,4-9H2,1H3. The Kier molecular flexibility index (Phi) is 4.91. The summed E-state index contributed by atoms with van der Waals surface area (Å²) in [5, 5.41) is 18.6.